The van der Waals surface area contributed by atoms with E-state index in [2.05, 4.69) is 42.9 Å². The summed E-state index contributed by atoms with van der Waals surface area (Å²) < 4.78 is 70.3. The van der Waals surface area contributed by atoms with Crippen molar-refractivity contribution in [1.29, 1.82) is 0 Å². The molecule has 6 rings (SSSR count). The number of fused-ring (bicyclic) bond motifs is 2. The standard InChI is InChI=1S/C39H41N3O6S2/c1-8-40-49(43,44)30-18-26(6)39(27(7)19-30)42-29-11-14-32-35(21-29)48-34-20-28(41-38-24(4)15-23(3)16-25(38)5)10-13-31(34)37(32)33-12-9-22(2)17-36(33)50(45,46)47/h9-21,26,39-41H,8H2,1-7H3,(H,45,46,47). The van der Waals surface area contributed by atoms with E-state index in [0.29, 0.717) is 50.9 Å². The van der Waals surface area contributed by atoms with Gasteiger partial charge in [-0.05, 0) is 93.3 Å². The van der Waals surface area contributed by atoms with Crippen LogP contribution in [0.25, 0.3) is 33.4 Å². The number of benzene rings is 4. The third-order valence-corrected chi connectivity index (χ3v) is 11.5. The first-order valence-electron chi connectivity index (χ1n) is 16.4. The number of allylic oxidation sites excluding steroid dienone is 1. The summed E-state index contributed by atoms with van der Waals surface area (Å²) in [4.78, 5) is 5.04. The maximum Gasteiger partial charge on any atom is 0.295 e. The Morgan fingerprint density at radius 3 is 2.20 bits per heavy atom. The van der Waals surface area contributed by atoms with Crippen molar-refractivity contribution in [2.24, 2.45) is 10.9 Å². The van der Waals surface area contributed by atoms with Crippen LogP contribution in [0.2, 0.25) is 0 Å². The van der Waals surface area contributed by atoms with Gasteiger partial charge in [-0.2, -0.15) is 8.42 Å². The third-order valence-electron chi connectivity index (χ3n) is 9.03. The van der Waals surface area contributed by atoms with Gasteiger partial charge in [0.15, 0.2) is 0 Å². The molecular weight excluding hydrogens is 671 g/mol. The maximum atomic E-state index is 12.7. The number of hydrogen-bond acceptors (Lipinski definition) is 7. The second-order valence-electron chi connectivity index (χ2n) is 13.1. The predicted octanol–water partition coefficient (Wildman–Crippen LogP) is 8.12. The van der Waals surface area contributed by atoms with Crippen LogP contribution in [0.4, 0.5) is 11.4 Å². The van der Waals surface area contributed by atoms with E-state index in [9.17, 15) is 21.4 Å². The molecule has 1 heterocycles. The molecule has 50 heavy (non-hydrogen) atoms. The SMILES string of the molecule is CCNS(=O)(=O)C1=CC(C)C(N=c2ccc3c(-c4ccc(C)cc4S(=O)(=O)O)c4ccc(Nc5c(C)cc(C)cc5C)cc4oc-3c2)C(C)=C1. The Morgan fingerprint density at radius 2 is 1.54 bits per heavy atom. The van der Waals surface area contributed by atoms with E-state index in [4.69, 9.17) is 9.41 Å². The van der Waals surface area contributed by atoms with Crippen LogP contribution in [-0.4, -0.2) is 34.0 Å². The van der Waals surface area contributed by atoms with Gasteiger partial charge in [-0.25, -0.2) is 13.1 Å². The van der Waals surface area contributed by atoms with Crippen LogP contribution in [0, 0.1) is 33.6 Å². The van der Waals surface area contributed by atoms with E-state index in [1.165, 1.54) is 11.6 Å². The summed E-state index contributed by atoms with van der Waals surface area (Å²) in [7, 11) is -8.19. The molecule has 3 aliphatic rings. The zero-order valence-electron chi connectivity index (χ0n) is 29.1. The molecule has 0 saturated heterocycles. The molecule has 0 aromatic heterocycles. The highest BCUT2D eigenvalue weighted by atomic mass is 32.2. The maximum absolute atomic E-state index is 12.7. The highest BCUT2D eigenvalue weighted by Crippen LogP contribution is 2.43. The molecule has 9 nitrogen and oxygen atoms in total. The van der Waals surface area contributed by atoms with Crippen molar-refractivity contribution in [2.45, 2.75) is 59.4 Å². The Morgan fingerprint density at radius 1 is 0.840 bits per heavy atom. The lowest BCUT2D eigenvalue weighted by Crippen LogP contribution is -2.29. The Kier molecular flexibility index (Phi) is 9.38. The number of anilines is 2. The smallest absolute Gasteiger partial charge is 0.295 e. The van der Waals surface area contributed by atoms with E-state index in [0.717, 1.165) is 28.1 Å². The lowest BCUT2D eigenvalue weighted by molar-refractivity contribution is 0.483. The Labute approximate surface area is 293 Å². The molecule has 0 amide bonds. The number of sulfonamides is 1. The normalized spacial score (nSPS) is 17.2. The number of aryl methyl sites for hydroxylation is 4. The number of nitrogens with one attached hydrogen (secondary N) is 2. The van der Waals surface area contributed by atoms with Gasteiger partial charge in [0.05, 0.1) is 16.3 Å². The van der Waals surface area contributed by atoms with E-state index < -0.39 is 20.1 Å². The predicted molar refractivity (Wildman–Crippen MR) is 200 cm³/mol. The average molecular weight is 712 g/mol. The molecule has 3 aromatic carbocycles. The van der Waals surface area contributed by atoms with Crippen LogP contribution in [0.3, 0.4) is 0 Å². The Hall–Kier alpha value is -4.55. The summed E-state index contributed by atoms with van der Waals surface area (Å²) in [6.07, 6.45) is 3.37. The number of rotatable bonds is 8. The molecule has 260 valence electrons. The minimum Gasteiger partial charge on any atom is -0.456 e. The molecule has 11 heteroatoms. The second-order valence-corrected chi connectivity index (χ2v) is 16.3. The van der Waals surface area contributed by atoms with Crippen molar-refractivity contribution in [3.05, 3.63) is 117 Å². The topological polar surface area (TPSA) is 138 Å². The summed E-state index contributed by atoms with van der Waals surface area (Å²) in [6, 6.07) is 20.1. The minimum atomic E-state index is -4.58. The fourth-order valence-corrected chi connectivity index (χ4v) is 8.91. The quantitative estimate of drug-likeness (QED) is 0.109. The van der Waals surface area contributed by atoms with E-state index >= 15 is 0 Å². The zero-order valence-corrected chi connectivity index (χ0v) is 30.8. The average Bonchev–Trinajstić information content (AvgIpc) is 3.02. The zero-order chi connectivity index (χ0) is 36.1. The molecule has 2 unspecified atom stereocenters. The second kappa shape index (κ2) is 13.3. The first kappa shape index (κ1) is 35.3. The van der Waals surface area contributed by atoms with Crippen molar-refractivity contribution < 1.29 is 25.8 Å². The molecule has 0 radical (unpaired) electrons. The highest BCUT2D eigenvalue weighted by Gasteiger charge is 2.27. The molecule has 0 saturated carbocycles. The van der Waals surface area contributed by atoms with Gasteiger partial charge in [0, 0.05) is 58.0 Å². The molecule has 1 aliphatic heterocycles. The molecule has 2 aliphatic carbocycles. The molecule has 3 aromatic rings. The summed E-state index contributed by atoms with van der Waals surface area (Å²) in [5, 5.41) is 4.81. The summed E-state index contributed by atoms with van der Waals surface area (Å²) in [6.45, 7) is 13.8. The van der Waals surface area contributed by atoms with Gasteiger partial charge >= 0.3 is 0 Å². The Balaban J connectivity index is 1.55. The largest absolute Gasteiger partial charge is 0.456 e. The van der Waals surface area contributed by atoms with Gasteiger partial charge in [0.25, 0.3) is 10.1 Å². The molecule has 0 bridgehead atoms. The third kappa shape index (κ3) is 6.91. The fraction of sp³-hybridized carbons (Fsp3) is 0.256. The molecule has 2 atom stereocenters. The van der Waals surface area contributed by atoms with Crippen LogP contribution >= 0.6 is 0 Å². The van der Waals surface area contributed by atoms with Crippen molar-refractivity contribution in [3.63, 3.8) is 0 Å². The van der Waals surface area contributed by atoms with Gasteiger partial charge < -0.3 is 9.73 Å². The monoisotopic (exact) mass is 711 g/mol. The van der Waals surface area contributed by atoms with Gasteiger partial charge in [-0.1, -0.05) is 49.8 Å². The fourth-order valence-electron chi connectivity index (χ4n) is 6.84. The first-order valence-corrected chi connectivity index (χ1v) is 19.4. The minimum absolute atomic E-state index is 0.194. The van der Waals surface area contributed by atoms with E-state index in [1.807, 2.05) is 56.3 Å². The van der Waals surface area contributed by atoms with Gasteiger partial charge in [-0.3, -0.25) is 9.55 Å². The van der Waals surface area contributed by atoms with Crippen molar-refractivity contribution in [3.8, 4) is 22.5 Å². The molecule has 0 fully saturated rings. The highest BCUT2D eigenvalue weighted by molar-refractivity contribution is 7.93. The molecule has 3 N–H and O–H groups in total. The van der Waals surface area contributed by atoms with E-state index in [-0.39, 0.29) is 21.8 Å². The number of hydrogen-bond donors (Lipinski definition) is 3. The van der Waals surface area contributed by atoms with Crippen LogP contribution < -0.4 is 15.4 Å². The van der Waals surface area contributed by atoms with Gasteiger partial charge in [0.1, 0.15) is 16.2 Å². The Bertz CT molecular complexity index is 2470. The summed E-state index contributed by atoms with van der Waals surface area (Å²) >= 11 is 0. The summed E-state index contributed by atoms with van der Waals surface area (Å²) in [5.74, 6) is 0.266. The van der Waals surface area contributed by atoms with Crippen LogP contribution in [-0.2, 0) is 20.1 Å². The van der Waals surface area contributed by atoms with Crippen molar-refractivity contribution in [2.75, 3.05) is 11.9 Å². The van der Waals surface area contributed by atoms with E-state index in [1.54, 1.807) is 32.1 Å². The molecule has 0 spiro atoms. The van der Waals surface area contributed by atoms with Crippen LogP contribution in [0.1, 0.15) is 43.0 Å². The summed E-state index contributed by atoms with van der Waals surface area (Å²) in [5.41, 5.74) is 8.73. The van der Waals surface area contributed by atoms with Crippen LogP contribution in [0.15, 0.2) is 104 Å². The molecular formula is C39H41N3O6S2. The lowest BCUT2D eigenvalue weighted by atomic mass is 9.91. The van der Waals surface area contributed by atoms with Crippen LogP contribution in [0.5, 0.6) is 0 Å². The first-order chi connectivity index (χ1) is 23.5. The number of nitrogens with zero attached hydrogens (tertiary/aromatic N) is 1. The lowest BCUT2D eigenvalue weighted by Gasteiger charge is -2.24. The van der Waals surface area contributed by atoms with Crippen molar-refractivity contribution >= 4 is 42.5 Å². The van der Waals surface area contributed by atoms with Crippen molar-refractivity contribution in [1.82, 2.24) is 4.72 Å². The van der Waals surface area contributed by atoms with Gasteiger partial charge in [0.2, 0.25) is 10.0 Å². The van der Waals surface area contributed by atoms with Gasteiger partial charge in [-0.15, -0.1) is 0 Å².